The van der Waals surface area contributed by atoms with Crippen LogP contribution in [0, 0.1) is 0 Å². The Labute approximate surface area is 206 Å². The van der Waals surface area contributed by atoms with Crippen molar-refractivity contribution < 1.29 is 4.74 Å². The van der Waals surface area contributed by atoms with Gasteiger partial charge in [-0.2, -0.15) is 0 Å². The number of hydrogen-bond donors (Lipinski definition) is 0. The minimum absolute atomic E-state index is 0.0407. The van der Waals surface area contributed by atoms with E-state index >= 15 is 0 Å². The molecule has 5 heteroatoms. The third-order valence-electron chi connectivity index (χ3n) is 6.06. The van der Waals surface area contributed by atoms with E-state index in [1.165, 1.54) is 11.1 Å². The number of benzene rings is 3. The van der Waals surface area contributed by atoms with Crippen LogP contribution in [0.25, 0.3) is 22.3 Å². The highest BCUT2D eigenvalue weighted by molar-refractivity contribution is 6.30. The highest BCUT2D eigenvalue weighted by Gasteiger charge is 2.16. The number of rotatable bonds is 8. The van der Waals surface area contributed by atoms with E-state index < -0.39 is 0 Å². The van der Waals surface area contributed by atoms with E-state index in [4.69, 9.17) is 21.3 Å². The summed E-state index contributed by atoms with van der Waals surface area (Å²) in [7, 11) is 0. The number of fused-ring (bicyclic) bond motifs is 1. The van der Waals surface area contributed by atoms with Gasteiger partial charge in [0.05, 0.1) is 17.5 Å². The van der Waals surface area contributed by atoms with Gasteiger partial charge in [-0.15, -0.1) is 0 Å². The van der Waals surface area contributed by atoms with Crippen molar-refractivity contribution >= 4 is 22.5 Å². The monoisotopic (exact) mass is 474 g/mol. The summed E-state index contributed by atoms with van der Waals surface area (Å²) in [6.45, 7) is 9.77. The smallest absolute Gasteiger partial charge is 0.261 e. The number of aromatic nitrogens is 2. The molecular weight excluding hydrogens is 444 g/mol. The molecule has 0 amide bonds. The molecule has 1 aromatic heterocycles. The molecule has 1 heterocycles. The zero-order valence-corrected chi connectivity index (χ0v) is 21.0. The number of para-hydroxylation sites is 2. The van der Waals surface area contributed by atoms with E-state index in [-0.39, 0.29) is 5.56 Å². The van der Waals surface area contributed by atoms with Crippen LogP contribution < -0.4 is 10.3 Å². The molecule has 0 spiro atoms. The second-order valence-electron chi connectivity index (χ2n) is 9.19. The zero-order chi connectivity index (χ0) is 24.2. The Morgan fingerprint density at radius 3 is 2.18 bits per heavy atom. The zero-order valence-electron chi connectivity index (χ0n) is 20.2. The van der Waals surface area contributed by atoms with E-state index in [9.17, 15) is 4.79 Å². The van der Waals surface area contributed by atoms with Crippen LogP contribution in [0.5, 0.6) is 5.75 Å². The second kappa shape index (κ2) is 10.4. The number of halogens is 1. The molecule has 0 fully saturated rings. The number of ether oxygens (including phenoxy) is 1. The SMILES string of the molecule is CC(C)c1cccc(C(C)C)c1OCCCn1c(-c2ccc(Cl)cc2)nc2ccccc2c1=O. The first-order valence-corrected chi connectivity index (χ1v) is 12.3. The topological polar surface area (TPSA) is 44.1 Å². The molecule has 0 radical (unpaired) electrons. The standard InChI is InChI=1S/C29H31ClN2O2/c1-19(2)23-10-7-11-24(20(3)4)27(23)34-18-8-17-32-28(21-13-15-22(30)16-14-21)31-26-12-6-5-9-25(26)29(32)33/h5-7,9-16,19-20H,8,17-18H2,1-4H3. The van der Waals surface area contributed by atoms with Gasteiger partial charge in [-0.05, 0) is 65.8 Å². The molecule has 176 valence electrons. The summed E-state index contributed by atoms with van der Waals surface area (Å²) in [5, 5.41) is 1.27. The quantitative estimate of drug-likeness (QED) is 0.249. The van der Waals surface area contributed by atoms with E-state index in [1.54, 1.807) is 4.57 Å². The van der Waals surface area contributed by atoms with Gasteiger partial charge in [0.25, 0.3) is 5.56 Å². The van der Waals surface area contributed by atoms with E-state index in [0.717, 1.165) is 11.3 Å². The van der Waals surface area contributed by atoms with Crippen LogP contribution in [0.2, 0.25) is 5.02 Å². The molecular formula is C29H31ClN2O2. The van der Waals surface area contributed by atoms with E-state index in [1.807, 2.05) is 48.5 Å². The molecule has 0 unspecified atom stereocenters. The van der Waals surface area contributed by atoms with E-state index in [0.29, 0.717) is 53.2 Å². The molecule has 0 atom stereocenters. The number of nitrogens with zero attached hydrogens (tertiary/aromatic N) is 2. The fourth-order valence-electron chi connectivity index (χ4n) is 4.24. The van der Waals surface area contributed by atoms with Crippen LogP contribution in [0.4, 0.5) is 0 Å². The predicted molar refractivity (Wildman–Crippen MR) is 141 cm³/mol. The fraction of sp³-hybridized carbons (Fsp3) is 0.310. The fourth-order valence-corrected chi connectivity index (χ4v) is 4.37. The largest absolute Gasteiger partial charge is 0.493 e. The van der Waals surface area contributed by atoms with Crippen LogP contribution in [0.1, 0.15) is 57.1 Å². The summed E-state index contributed by atoms with van der Waals surface area (Å²) in [5.41, 5.74) is 3.95. The van der Waals surface area contributed by atoms with Crippen LogP contribution in [0.15, 0.2) is 71.5 Å². The lowest BCUT2D eigenvalue weighted by atomic mass is 9.94. The maximum absolute atomic E-state index is 13.4. The first-order chi connectivity index (χ1) is 16.4. The highest BCUT2D eigenvalue weighted by atomic mass is 35.5. The molecule has 0 N–H and O–H groups in total. The van der Waals surface area contributed by atoms with Gasteiger partial charge in [-0.1, -0.05) is 69.6 Å². The minimum Gasteiger partial charge on any atom is -0.493 e. The lowest BCUT2D eigenvalue weighted by molar-refractivity contribution is 0.293. The van der Waals surface area contributed by atoms with Crippen LogP contribution >= 0.6 is 11.6 Å². The Bertz CT molecular complexity index is 1310. The molecule has 0 aliphatic rings. The maximum Gasteiger partial charge on any atom is 0.261 e. The highest BCUT2D eigenvalue weighted by Crippen LogP contribution is 2.34. The average Bonchev–Trinajstić information content (AvgIpc) is 2.83. The Morgan fingerprint density at radius 2 is 1.53 bits per heavy atom. The summed E-state index contributed by atoms with van der Waals surface area (Å²) in [6, 6.07) is 21.3. The van der Waals surface area contributed by atoms with Crippen molar-refractivity contribution in [3.8, 4) is 17.1 Å². The average molecular weight is 475 g/mol. The van der Waals surface area contributed by atoms with Crippen molar-refractivity contribution in [2.75, 3.05) is 6.61 Å². The minimum atomic E-state index is -0.0407. The van der Waals surface area contributed by atoms with E-state index in [2.05, 4.69) is 45.9 Å². The molecule has 4 rings (SSSR count). The molecule has 4 aromatic rings. The molecule has 0 aliphatic carbocycles. The third kappa shape index (κ3) is 5.02. The van der Waals surface area contributed by atoms with Crippen LogP contribution in [-0.4, -0.2) is 16.2 Å². The Kier molecular flexibility index (Phi) is 7.38. The van der Waals surface area contributed by atoms with Gasteiger partial charge >= 0.3 is 0 Å². The van der Waals surface area contributed by atoms with Gasteiger partial charge in [0.2, 0.25) is 0 Å². The normalized spacial score (nSPS) is 11.5. The summed E-state index contributed by atoms with van der Waals surface area (Å²) in [4.78, 5) is 18.2. The van der Waals surface area contributed by atoms with Crippen LogP contribution in [-0.2, 0) is 6.54 Å². The lowest BCUT2D eigenvalue weighted by Crippen LogP contribution is -2.24. The Hall–Kier alpha value is -3.11. The third-order valence-corrected chi connectivity index (χ3v) is 6.31. The Balaban J connectivity index is 1.62. The van der Waals surface area contributed by atoms with Crippen molar-refractivity contribution in [3.05, 3.63) is 93.2 Å². The van der Waals surface area contributed by atoms with Crippen molar-refractivity contribution in [1.82, 2.24) is 9.55 Å². The first-order valence-electron chi connectivity index (χ1n) is 11.9. The van der Waals surface area contributed by atoms with Gasteiger partial charge in [-0.3, -0.25) is 9.36 Å². The van der Waals surface area contributed by atoms with Crippen molar-refractivity contribution in [3.63, 3.8) is 0 Å². The van der Waals surface area contributed by atoms with Gasteiger partial charge < -0.3 is 4.74 Å². The van der Waals surface area contributed by atoms with Crippen molar-refractivity contribution in [2.24, 2.45) is 0 Å². The Morgan fingerprint density at radius 1 is 0.882 bits per heavy atom. The molecule has 0 saturated heterocycles. The molecule has 4 nitrogen and oxygen atoms in total. The summed E-state index contributed by atoms with van der Waals surface area (Å²) >= 11 is 6.09. The van der Waals surface area contributed by atoms with Gasteiger partial charge in [0, 0.05) is 17.1 Å². The molecule has 0 bridgehead atoms. The van der Waals surface area contributed by atoms with Gasteiger partial charge in [-0.25, -0.2) is 4.98 Å². The summed E-state index contributed by atoms with van der Waals surface area (Å²) < 4.78 is 8.10. The van der Waals surface area contributed by atoms with Crippen molar-refractivity contribution in [1.29, 1.82) is 0 Å². The van der Waals surface area contributed by atoms with Crippen molar-refractivity contribution in [2.45, 2.75) is 52.5 Å². The number of hydrogen-bond acceptors (Lipinski definition) is 3. The summed E-state index contributed by atoms with van der Waals surface area (Å²) in [6.07, 6.45) is 0.685. The lowest BCUT2D eigenvalue weighted by Gasteiger charge is -2.20. The second-order valence-corrected chi connectivity index (χ2v) is 9.63. The maximum atomic E-state index is 13.4. The summed E-state index contributed by atoms with van der Waals surface area (Å²) in [5.74, 6) is 2.37. The molecule has 0 saturated carbocycles. The van der Waals surface area contributed by atoms with Gasteiger partial charge in [0.15, 0.2) is 0 Å². The van der Waals surface area contributed by atoms with Crippen LogP contribution in [0.3, 0.4) is 0 Å². The van der Waals surface area contributed by atoms with Gasteiger partial charge in [0.1, 0.15) is 11.6 Å². The molecule has 3 aromatic carbocycles. The molecule has 34 heavy (non-hydrogen) atoms. The first kappa shape index (κ1) is 24.0. The molecule has 0 aliphatic heterocycles. The predicted octanol–water partition coefficient (Wildman–Crippen LogP) is 7.43.